The lowest BCUT2D eigenvalue weighted by Crippen LogP contribution is -2.09. The molecule has 0 bridgehead atoms. The normalized spacial score (nSPS) is 31.2. The number of allylic oxidation sites excluding steroid dienone is 2. The van der Waals surface area contributed by atoms with Crippen LogP contribution in [0.25, 0.3) is 0 Å². The zero-order valence-electron chi connectivity index (χ0n) is 7.93. The smallest absolute Gasteiger partial charge is 0.00659 e. The summed E-state index contributed by atoms with van der Waals surface area (Å²) in [7, 11) is 0. The SMILES string of the molecule is CC1CCC(C=CCCBr)CC1. The van der Waals surface area contributed by atoms with Gasteiger partial charge in [0, 0.05) is 5.33 Å². The van der Waals surface area contributed by atoms with Gasteiger partial charge in [-0.3, -0.25) is 0 Å². The van der Waals surface area contributed by atoms with E-state index in [9.17, 15) is 0 Å². The summed E-state index contributed by atoms with van der Waals surface area (Å²) in [5, 5.41) is 1.10. The predicted octanol–water partition coefficient (Wildman–Crippen LogP) is 4.15. The van der Waals surface area contributed by atoms with E-state index in [4.69, 9.17) is 0 Å². The van der Waals surface area contributed by atoms with Crippen LogP contribution < -0.4 is 0 Å². The average Bonchev–Trinajstić information content (AvgIpc) is 2.09. The number of hydrogen-bond donors (Lipinski definition) is 0. The highest BCUT2D eigenvalue weighted by Gasteiger charge is 2.15. The van der Waals surface area contributed by atoms with Crippen molar-refractivity contribution in [1.82, 2.24) is 0 Å². The van der Waals surface area contributed by atoms with Crippen molar-refractivity contribution in [2.24, 2.45) is 11.8 Å². The molecule has 1 fully saturated rings. The standard InChI is InChI=1S/C11H19Br/c1-10-5-7-11(8-6-10)4-2-3-9-12/h2,4,10-11H,3,5-9H2,1H3. The minimum Gasteiger partial charge on any atom is -0.0925 e. The Bertz CT molecular complexity index is 132. The topological polar surface area (TPSA) is 0 Å². The van der Waals surface area contributed by atoms with Gasteiger partial charge in [-0.1, -0.05) is 47.8 Å². The van der Waals surface area contributed by atoms with Gasteiger partial charge in [0.25, 0.3) is 0 Å². The fraction of sp³-hybridized carbons (Fsp3) is 0.818. The second-order valence-corrected chi connectivity index (χ2v) is 4.72. The zero-order valence-corrected chi connectivity index (χ0v) is 9.52. The van der Waals surface area contributed by atoms with Gasteiger partial charge in [-0.15, -0.1) is 0 Å². The maximum absolute atomic E-state index is 3.43. The lowest BCUT2D eigenvalue weighted by atomic mass is 9.83. The highest BCUT2D eigenvalue weighted by molar-refractivity contribution is 9.09. The second-order valence-electron chi connectivity index (χ2n) is 3.93. The van der Waals surface area contributed by atoms with Crippen molar-refractivity contribution in [2.45, 2.75) is 39.0 Å². The van der Waals surface area contributed by atoms with Gasteiger partial charge in [-0.05, 0) is 31.1 Å². The Hall–Kier alpha value is 0.220. The third kappa shape index (κ3) is 3.75. The van der Waals surface area contributed by atoms with Gasteiger partial charge < -0.3 is 0 Å². The van der Waals surface area contributed by atoms with E-state index in [0.717, 1.165) is 17.2 Å². The summed E-state index contributed by atoms with van der Waals surface area (Å²) in [6, 6.07) is 0. The molecule has 0 unspecified atom stereocenters. The van der Waals surface area contributed by atoms with Gasteiger partial charge >= 0.3 is 0 Å². The van der Waals surface area contributed by atoms with Crippen molar-refractivity contribution in [1.29, 1.82) is 0 Å². The molecule has 70 valence electrons. The molecule has 0 radical (unpaired) electrons. The second kappa shape index (κ2) is 5.80. The van der Waals surface area contributed by atoms with Crippen LogP contribution in [0.2, 0.25) is 0 Å². The van der Waals surface area contributed by atoms with Gasteiger partial charge in [0.2, 0.25) is 0 Å². The van der Waals surface area contributed by atoms with Gasteiger partial charge in [0.15, 0.2) is 0 Å². The first-order valence-corrected chi connectivity index (χ1v) is 6.17. The van der Waals surface area contributed by atoms with E-state index in [-0.39, 0.29) is 0 Å². The molecule has 1 aliphatic rings. The molecule has 1 rings (SSSR count). The fourth-order valence-electron chi connectivity index (χ4n) is 1.83. The monoisotopic (exact) mass is 230 g/mol. The van der Waals surface area contributed by atoms with Gasteiger partial charge in [-0.25, -0.2) is 0 Å². The van der Waals surface area contributed by atoms with Crippen LogP contribution in [-0.4, -0.2) is 5.33 Å². The molecule has 0 aliphatic heterocycles. The number of rotatable bonds is 3. The highest BCUT2D eigenvalue weighted by Crippen LogP contribution is 2.28. The molecule has 12 heavy (non-hydrogen) atoms. The molecule has 1 saturated carbocycles. The molecule has 1 heteroatoms. The fourth-order valence-corrected chi connectivity index (χ4v) is 2.09. The molecule has 0 spiro atoms. The number of alkyl halides is 1. The lowest BCUT2D eigenvalue weighted by Gasteiger charge is -2.23. The molecule has 0 saturated heterocycles. The van der Waals surface area contributed by atoms with E-state index in [0.29, 0.717) is 0 Å². The number of halogens is 1. The largest absolute Gasteiger partial charge is 0.0925 e. The van der Waals surface area contributed by atoms with Gasteiger partial charge in [0.1, 0.15) is 0 Å². The maximum atomic E-state index is 3.43. The summed E-state index contributed by atoms with van der Waals surface area (Å²) >= 11 is 3.43. The Kier molecular flexibility index (Phi) is 4.98. The molecule has 0 amide bonds. The van der Waals surface area contributed by atoms with Gasteiger partial charge in [-0.2, -0.15) is 0 Å². The Balaban J connectivity index is 2.17. The Morgan fingerprint density at radius 3 is 2.50 bits per heavy atom. The summed E-state index contributed by atoms with van der Waals surface area (Å²) in [5.41, 5.74) is 0. The average molecular weight is 231 g/mol. The molecular weight excluding hydrogens is 212 g/mol. The summed E-state index contributed by atoms with van der Waals surface area (Å²) < 4.78 is 0. The van der Waals surface area contributed by atoms with Crippen LogP contribution in [0.5, 0.6) is 0 Å². The molecular formula is C11H19Br. The van der Waals surface area contributed by atoms with Crippen molar-refractivity contribution in [3.05, 3.63) is 12.2 Å². The first-order chi connectivity index (χ1) is 5.83. The van der Waals surface area contributed by atoms with Crippen LogP contribution in [0.4, 0.5) is 0 Å². The van der Waals surface area contributed by atoms with Crippen LogP contribution in [-0.2, 0) is 0 Å². The van der Waals surface area contributed by atoms with Gasteiger partial charge in [0.05, 0.1) is 0 Å². The van der Waals surface area contributed by atoms with E-state index in [1.807, 2.05) is 0 Å². The van der Waals surface area contributed by atoms with Crippen molar-refractivity contribution in [3.63, 3.8) is 0 Å². The van der Waals surface area contributed by atoms with Crippen LogP contribution >= 0.6 is 15.9 Å². The van der Waals surface area contributed by atoms with Crippen LogP contribution in [0.1, 0.15) is 39.0 Å². The van der Waals surface area contributed by atoms with Crippen molar-refractivity contribution in [3.8, 4) is 0 Å². The van der Waals surface area contributed by atoms with E-state index < -0.39 is 0 Å². The van der Waals surface area contributed by atoms with E-state index >= 15 is 0 Å². The summed E-state index contributed by atoms with van der Waals surface area (Å²) in [6.45, 7) is 2.37. The molecule has 1 aliphatic carbocycles. The van der Waals surface area contributed by atoms with Crippen LogP contribution in [0.3, 0.4) is 0 Å². The van der Waals surface area contributed by atoms with Crippen molar-refractivity contribution in [2.75, 3.05) is 5.33 Å². The quantitative estimate of drug-likeness (QED) is 0.505. The number of hydrogen-bond acceptors (Lipinski definition) is 0. The molecule has 0 aromatic heterocycles. The summed E-state index contributed by atoms with van der Waals surface area (Å²) in [4.78, 5) is 0. The first kappa shape index (κ1) is 10.3. The molecule has 0 atom stereocenters. The van der Waals surface area contributed by atoms with Crippen LogP contribution in [0, 0.1) is 11.8 Å². The van der Waals surface area contributed by atoms with E-state index in [2.05, 4.69) is 35.0 Å². The third-order valence-electron chi connectivity index (χ3n) is 2.74. The van der Waals surface area contributed by atoms with E-state index in [1.54, 1.807) is 0 Å². The summed E-state index contributed by atoms with van der Waals surface area (Å²) in [6.07, 6.45) is 11.6. The minimum absolute atomic E-state index is 0.889. The predicted molar refractivity (Wildman–Crippen MR) is 58.7 cm³/mol. The first-order valence-electron chi connectivity index (χ1n) is 5.05. The highest BCUT2D eigenvalue weighted by atomic mass is 79.9. The Labute approximate surface area is 84.6 Å². The zero-order chi connectivity index (χ0) is 8.81. The summed E-state index contributed by atoms with van der Waals surface area (Å²) in [5.74, 6) is 1.87. The molecule has 0 aromatic rings. The molecule has 0 heterocycles. The van der Waals surface area contributed by atoms with Crippen molar-refractivity contribution < 1.29 is 0 Å². The molecule has 0 nitrogen and oxygen atoms in total. The van der Waals surface area contributed by atoms with Crippen LogP contribution in [0.15, 0.2) is 12.2 Å². The van der Waals surface area contributed by atoms with E-state index in [1.165, 1.54) is 32.1 Å². The van der Waals surface area contributed by atoms with Crippen molar-refractivity contribution >= 4 is 15.9 Å². The lowest BCUT2D eigenvalue weighted by molar-refractivity contribution is 0.330. The molecule has 0 N–H and O–H groups in total. The maximum Gasteiger partial charge on any atom is 0.00659 e. The molecule has 0 aromatic carbocycles. The Morgan fingerprint density at radius 1 is 1.25 bits per heavy atom. The Morgan fingerprint density at radius 2 is 1.92 bits per heavy atom. The third-order valence-corrected chi connectivity index (χ3v) is 3.20. The minimum atomic E-state index is 0.889.